The van der Waals surface area contributed by atoms with Crippen molar-refractivity contribution < 1.29 is 27.6 Å². The van der Waals surface area contributed by atoms with Crippen molar-refractivity contribution in [3.8, 4) is 6.07 Å². The fourth-order valence-electron chi connectivity index (χ4n) is 2.38. The number of nitrogens with zero attached hydrogens (tertiary/aromatic N) is 1. The minimum Gasteiger partial charge on any atom is -0.400 e. The van der Waals surface area contributed by atoms with Gasteiger partial charge < -0.3 is 14.4 Å². The molecule has 0 saturated carbocycles. The second kappa shape index (κ2) is 6.48. The molecule has 1 aliphatic heterocycles. The molecular weight excluding hydrogens is 334 g/mol. The monoisotopic (exact) mass is 353 g/mol. The first-order valence-corrected chi connectivity index (χ1v) is 7.69. The van der Waals surface area contributed by atoms with Crippen LogP contribution >= 0.6 is 0 Å². The van der Waals surface area contributed by atoms with Crippen LogP contribution in [0.1, 0.15) is 44.4 Å². The molecule has 8 heteroatoms. The summed E-state index contributed by atoms with van der Waals surface area (Å²) in [6.07, 6.45) is -3.25. The standard InChI is InChI=1S/C17H19BF3NO3/c1-15(2)16(3,4)25-18(24-15)13(10-23)7-11-5-6-12(9-22)14(8-11)17(19,20)21/h5-8,23H,10H2,1-4H3. The Hall–Kier alpha value is -1.82. The third-order valence-corrected chi connectivity index (χ3v) is 4.56. The Balaban J connectivity index is 2.40. The molecule has 4 nitrogen and oxygen atoms in total. The number of alkyl halides is 3. The zero-order valence-corrected chi connectivity index (χ0v) is 14.4. The highest BCUT2D eigenvalue weighted by atomic mass is 19.4. The molecule has 2 rings (SSSR count). The number of halogens is 3. The molecule has 0 spiro atoms. The third kappa shape index (κ3) is 3.89. The average molecular weight is 353 g/mol. The van der Waals surface area contributed by atoms with Crippen molar-refractivity contribution in [3.05, 3.63) is 40.4 Å². The fraction of sp³-hybridized carbons (Fsp3) is 0.471. The minimum atomic E-state index is -4.64. The molecular formula is C17H19BF3NO3. The molecule has 25 heavy (non-hydrogen) atoms. The van der Waals surface area contributed by atoms with Crippen LogP contribution in [0.5, 0.6) is 0 Å². The van der Waals surface area contributed by atoms with Crippen LogP contribution in [0.3, 0.4) is 0 Å². The summed E-state index contributed by atoms with van der Waals surface area (Å²) < 4.78 is 50.8. The molecule has 1 fully saturated rings. The molecule has 1 saturated heterocycles. The Morgan fingerprint density at radius 3 is 2.24 bits per heavy atom. The number of aliphatic hydroxyl groups is 1. The van der Waals surface area contributed by atoms with Crippen LogP contribution in [-0.2, 0) is 15.5 Å². The van der Waals surface area contributed by atoms with E-state index < -0.39 is 42.2 Å². The summed E-state index contributed by atoms with van der Waals surface area (Å²) in [4.78, 5) is 0. The van der Waals surface area contributed by atoms with Crippen LogP contribution < -0.4 is 0 Å². The van der Waals surface area contributed by atoms with Gasteiger partial charge in [0.1, 0.15) is 0 Å². The van der Waals surface area contributed by atoms with Crippen molar-refractivity contribution in [2.24, 2.45) is 0 Å². The van der Waals surface area contributed by atoms with E-state index in [0.29, 0.717) is 5.47 Å². The van der Waals surface area contributed by atoms with E-state index in [-0.39, 0.29) is 5.56 Å². The molecule has 1 N–H and O–H groups in total. The van der Waals surface area contributed by atoms with Crippen LogP contribution in [0.2, 0.25) is 0 Å². The third-order valence-electron chi connectivity index (χ3n) is 4.56. The van der Waals surface area contributed by atoms with Crippen LogP contribution in [0, 0.1) is 11.3 Å². The molecule has 1 aromatic rings. The van der Waals surface area contributed by atoms with E-state index in [9.17, 15) is 18.3 Å². The summed E-state index contributed by atoms with van der Waals surface area (Å²) >= 11 is 0. The molecule has 134 valence electrons. The van der Waals surface area contributed by atoms with Crippen molar-refractivity contribution in [2.75, 3.05) is 6.61 Å². The smallest absolute Gasteiger partial charge is 0.400 e. The number of hydrogen-bond donors (Lipinski definition) is 1. The van der Waals surface area contributed by atoms with Crippen LogP contribution in [0.15, 0.2) is 23.7 Å². The predicted octanol–water partition coefficient (Wildman–Crippen LogP) is 3.58. The Morgan fingerprint density at radius 2 is 1.80 bits per heavy atom. The van der Waals surface area contributed by atoms with Gasteiger partial charge in [0.05, 0.1) is 35.0 Å². The van der Waals surface area contributed by atoms with Crippen molar-refractivity contribution >= 4 is 13.2 Å². The van der Waals surface area contributed by atoms with Gasteiger partial charge in [-0.2, -0.15) is 18.4 Å². The van der Waals surface area contributed by atoms with Gasteiger partial charge in [-0.1, -0.05) is 12.1 Å². The van der Waals surface area contributed by atoms with E-state index >= 15 is 0 Å². The van der Waals surface area contributed by atoms with Crippen molar-refractivity contribution in [1.82, 2.24) is 0 Å². The highest BCUT2D eigenvalue weighted by Gasteiger charge is 2.52. The van der Waals surface area contributed by atoms with Gasteiger partial charge in [-0.05, 0) is 50.9 Å². The van der Waals surface area contributed by atoms with Crippen LogP contribution in [-0.4, -0.2) is 30.0 Å². The summed E-state index contributed by atoms with van der Waals surface area (Å²) in [5.74, 6) is 0. The van der Waals surface area contributed by atoms with Crippen LogP contribution in [0.25, 0.3) is 6.08 Å². The van der Waals surface area contributed by atoms with E-state index in [2.05, 4.69) is 0 Å². The van der Waals surface area contributed by atoms with E-state index in [1.54, 1.807) is 0 Å². The highest BCUT2D eigenvalue weighted by Crippen LogP contribution is 2.39. The minimum absolute atomic E-state index is 0.199. The summed E-state index contributed by atoms with van der Waals surface area (Å²) in [7, 11) is -0.861. The first kappa shape index (κ1) is 19.5. The van der Waals surface area contributed by atoms with Gasteiger partial charge in [0.15, 0.2) is 0 Å². The molecule has 1 heterocycles. The zero-order chi connectivity index (χ0) is 19.0. The van der Waals surface area contributed by atoms with E-state index in [1.165, 1.54) is 18.2 Å². The van der Waals surface area contributed by atoms with Crippen molar-refractivity contribution in [2.45, 2.75) is 45.1 Å². The maximum atomic E-state index is 13.1. The molecule has 1 aliphatic rings. The van der Waals surface area contributed by atoms with Gasteiger partial charge in [0.25, 0.3) is 0 Å². The lowest BCUT2D eigenvalue weighted by atomic mass is 9.77. The fourth-order valence-corrected chi connectivity index (χ4v) is 2.38. The Bertz CT molecular complexity index is 720. The lowest BCUT2D eigenvalue weighted by molar-refractivity contribution is -0.137. The van der Waals surface area contributed by atoms with Gasteiger partial charge in [-0.3, -0.25) is 0 Å². The van der Waals surface area contributed by atoms with E-state index in [4.69, 9.17) is 14.6 Å². The SMILES string of the molecule is CC1(C)OB(C(=Cc2ccc(C#N)c(C(F)(F)F)c2)CO)OC1(C)C. The number of benzene rings is 1. The second-order valence-electron chi connectivity index (χ2n) is 6.88. The van der Waals surface area contributed by atoms with E-state index in [0.717, 1.165) is 12.1 Å². The van der Waals surface area contributed by atoms with Gasteiger partial charge in [0.2, 0.25) is 0 Å². The molecule has 0 aliphatic carbocycles. The lowest BCUT2D eigenvalue weighted by Crippen LogP contribution is -2.41. The molecule has 0 amide bonds. The molecule has 0 bridgehead atoms. The average Bonchev–Trinajstić information content (AvgIpc) is 2.71. The first-order chi connectivity index (χ1) is 11.4. The topological polar surface area (TPSA) is 62.5 Å². The van der Waals surface area contributed by atoms with Crippen molar-refractivity contribution in [1.29, 1.82) is 5.26 Å². The second-order valence-corrected chi connectivity index (χ2v) is 6.88. The summed E-state index contributed by atoms with van der Waals surface area (Å²) in [6.45, 7) is 6.92. The normalized spacial score (nSPS) is 19.8. The maximum Gasteiger partial charge on any atom is 0.492 e. The van der Waals surface area contributed by atoms with Gasteiger partial charge in [0, 0.05) is 0 Å². The zero-order valence-electron chi connectivity index (χ0n) is 14.4. The summed E-state index contributed by atoms with van der Waals surface area (Å²) in [5, 5.41) is 18.5. The summed E-state index contributed by atoms with van der Waals surface area (Å²) in [6, 6.07) is 4.90. The Morgan fingerprint density at radius 1 is 1.24 bits per heavy atom. The van der Waals surface area contributed by atoms with Gasteiger partial charge in [-0.25, -0.2) is 0 Å². The molecule has 0 aromatic heterocycles. The van der Waals surface area contributed by atoms with Crippen molar-refractivity contribution in [3.63, 3.8) is 0 Å². The van der Waals surface area contributed by atoms with Crippen LogP contribution in [0.4, 0.5) is 13.2 Å². The predicted molar refractivity (Wildman–Crippen MR) is 87.3 cm³/mol. The summed E-state index contributed by atoms with van der Waals surface area (Å²) in [5.41, 5.74) is -2.23. The van der Waals surface area contributed by atoms with Gasteiger partial charge in [-0.15, -0.1) is 0 Å². The van der Waals surface area contributed by atoms with Gasteiger partial charge >= 0.3 is 13.3 Å². The lowest BCUT2D eigenvalue weighted by Gasteiger charge is -2.32. The number of aliphatic hydroxyl groups excluding tert-OH is 1. The van der Waals surface area contributed by atoms with E-state index in [1.807, 2.05) is 27.7 Å². The molecule has 0 radical (unpaired) electrons. The highest BCUT2D eigenvalue weighted by molar-refractivity contribution is 6.55. The molecule has 0 atom stereocenters. The maximum absolute atomic E-state index is 13.1. The molecule has 0 unspecified atom stereocenters. The quantitative estimate of drug-likeness (QED) is 0.844. The Labute approximate surface area is 145 Å². The number of nitriles is 1. The molecule has 1 aromatic carbocycles. The number of rotatable bonds is 3. The Kier molecular flexibility index (Phi) is 5.06. The largest absolute Gasteiger partial charge is 0.492 e. The number of hydrogen-bond acceptors (Lipinski definition) is 4. The first-order valence-electron chi connectivity index (χ1n) is 7.69.